The zero-order valence-corrected chi connectivity index (χ0v) is 10.2. The third-order valence-corrected chi connectivity index (χ3v) is 3.88. The van der Waals surface area contributed by atoms with Gasteiger partial charge >= 0.3 is 7.12 Å². The van der Waals surface area contributed by atoms with Crippen LogP contribution in [0.2, 0.25) is 0 Å². The predicted molar refractivity (Wildman–Crippen MR) is 66.6 cm³/mol. The van der Waals surface area contributed by atoms with Gasteiger partial charge in [-0.3, -0.25) is 0 Å². The van der Waals surface area contributed by atoms with E-state index in [4.69, 9.17) is 10.0 Å². The molecule has 1 aromatic carbocycles. The molecule has 0 atom stereocenters. The van der Waals surface area contributed by atoms with E-state index in [-0.39, 0.29) is 0 Å². The molecule has 0 aliphatic carbocycles. The third-order valence-electron chi connectivity index (χ3n) is 1.85. The van der Waals surface area contributed by atoms with Crippen LogP contribution in [0.3, 0.4) is 0 Å². The summed E-state index contributed by atoms with van der Waals surface area (Å²) >= 11 is 9.00. The zero-order chi connectivity index (χ0) is 10.3. The van der Waals surface area contributed by atoms with Crippen LogP contribution in [0.1, 0.15) is 0 Å². The summed E-state index contributed by atoms with van der Waals surface area (Å²) in [6.45, 7) is 0. The molecule has 1 aromatic heterocycles. The maximum Gasteiger partial charge on any atom is 0.499 e. The molecule has 2 rings (SSSR count). The summed E-state index contributed by atoms with van der Waals surface area (Å²) in [5.74, 6) is 0. The van der Waals surface area contributed by atoms with Crippen molar-refractivity contribution in [3.05, 3.63) is 22.7 Å². The lowest BCUT2D eigenvalue weighted by molar-refractivity contribution is 0.427. The standard InChI is InChI=1S/C8H6BBrO2S2/c10-6-1-4(13)2-7-5(6)3-8(14-7)9(11)12/h1-3,11-13H. The molecule has 0 amide bonds. The molecule has 1 heterocycles. The molecule has 0 bridgehead atoms. The van der Waals surface area contributed by atoms with Gasteiger partial charge in [0.1, 0.15) is 0 Å². The van der Waals surface area contributed by atoms with E-state index in [9.17, 15) is 0 Å². The lowest BCUT2D eigenvalue weighted by atomic mass is 9.89. The van der Waals surface area contributed by atoms with Crippen molar-refractivity contribution in [2.45, 2.75) is 4.90 Å². The smallest absolute Gasteiger partial charge is 0.423 e. The Labute approximate surface area is 99.3 Å². The molecule has 0 aliphatic rings. The Kier molecular flexibility index (Phi) is 2.90. The molecule has 0 spiro atoms. The molecule has 2 nitrogen and oxygen atoms in total. The fourth-order valence-electron chi connectivity index (χ4n) is 1.23. The van der Waals surface area contributed by atoms with Gasteiger partial charge in [-0.2, -0.15) is 0 Å². The van der Waals surface area contributed by atoms with Crippen LogP contribution in [-0.2, 0) is 0 Å². The van der Waals surface area contributed by atoms with Crippen molar-refractivity contribution < 1.29 is 10.0 Å². The monoisotopic (exact) mass is 288 g/mol. The fraction of sp³-hybridized carbons (Fsp3) is 0. The van der Waals surface area contributed by atoms with Gasteiger partial charge in [-0.25, -0.2) is 0 Å². The lowest BCUT2D eigenvalue weighted by Crippen LogP contribution is -2.26. The van der Waals surface area contributed by atoms with Crippen LogP contribution >= 0.6 is 39.9 Å². The normalized spacial score (nSPS) is 10.9. The molecule has 0 unspecified atom stereocenters. The van der Waals surface area contributed by atoms with E-state index >= 15 is 0 Å². The van der Waals surface area contributed by atoms with Crippen molar-refractivity contribution in [1.29, 1.82) is 0 Å². The third kappa shape index (κ3) is 1.85. The Hall–Kier alpha value is -0.00506. The highest BCUT2D eigenvalue weighted by atomic mass is 79.9. The second-order valence-electron chi connectivity index (χ2n) is 2.86. The molecule has 2 N–H and O–H groups in total. The second-order valence-corrected chi connectivity index (χ2v) is 5.35. The Morgan fingerprint density at radius 2 is 2.00 bits per heavy atom. The minimum absolute atomic E-state index is 0.541. The molecule has 14 heavy (non-hydrogen) atoms. The number of thiophene rings is 1. The molecule has 2 aromatic rings. The predicted octanol–water partition coefficient (Wildman–Crippen LogP) is 1.63. The maximum absolute atomic E-state index is 9.02. The molecule has 0 fully saturated rings. The quantitative estimate of drug-likeness (QED) is 0.551. The topological polar surface area (TPSA) is 40.5 Å². The van der Waals surface area contributed by atoms with Crippen molar-refractivity contribution in [2.24, 2.45) is 0 Å². The van der Waals surface area contributed by atoms with Crippen molar-refractivity contribution in [2.75, 3.05) is 0 Å². The SMILES string of the molecule is OB(O)c1cc2c(Br)cc(S)cc2s1. The summed E-state index contributed by atoms with van der Waals surface area (Å²) in [6.07, 6.45) is 0. The van der Waals surface area contributed by atoms with Gasteiger partial charge in [0.25, 0.3) is 0 Å². The Bertz CT molecular complexity index is 483. The highest BCUT2D eigenvalue weighted by molar-refractivity contribution is 9.10. The highest BCUT2D eigenvalue weighted by Crippen LogP contribution is 2.30. The number of thiol groups is 1. The van der Waals surface area contributed by atoms with Crippen molar-refractivity contribution in [3.63, 3.8) is 0 Å². The van der Waals surface area contributed by atoms with Crippen LogP contribution in [0, 0.1) is 0 Å². The van der Waals surface area contributed by atoms with E-state index in [0.29, 0.717) is 4.78 Å². The second kappa shape index (κ2) is 3.86. The van der Waals surface area contributed by atoms with Crippen LogP contribution in [0.4, 0.5) is 0 Å². The van der Waals surface area contributed by atoms with E-state index in [1.54, 1.807) is 6.07 Å². The van der Waals surface area contributed by atoms with E-state index in [1.165, 1.54) is 11.3 Å². The maximum atomic E-state index is 9.02. The number of halogens is 1. The van der Waals surface area contributed by atoms with E-state index in [0.717, 1.165) is 19.5 Å². The van der Waals surface area contributed by atoms with Crippen LogP contribution in [0.15, 0.2) is 27.6 Å². The molecular weight excluding hydrogens is 283 g/mol. The summed E-state index contributed by atoms with van der Waals surface area (Å²) in [4.78, 5) is 0.852. The highest BCUT2D eigenvalue weighted by Gasteiger charge is 2.15. The molecule has 6 heteroatoms. The Morgan fingerprint density at radius 3 is 2.64 bits per heavy atom. The summed E-state index contributed by atoms with van der Waals surface area (Å²) in [6, 6.07) is 5.55. The van der Waals surface area contributed by atoms with Gasteiger partial charge < -0.3 is 10.0 Å². The van der Waals surface area contributed by atoms with Crippen molar-refractivity contribution in [1.82, 2.24) is 0 Å². The summed E-state index contributed by atoms with van der Waals surface area (Å²) < 4.78 is 2.45. The first kappa shape index (κ1) is 10.5. The number of hydrogen-bond donors (Lipinski definition) is 3. The van der Waals surface area contributed by atoms with Gasteiger partial charge in [-0.1, -0.05) is 15.9 Å². The molecule has 72 valence electrons. The van der Waals surface area contributed by atoms with E-state index < -0.39 is 7.12 Å². The van der Waals surface area contributed by atoms with Gasteiger partial charge in [0.05, 0.1) is 0 Å². The minimum Gasteiger partial charge on any atom is -0.423 e. The fourth-order valence-corrected chi connectivity index (χ4v) is 3.46. The summed E-state index contributed by atoms with van der Waals surface area (Å²) in [5, 5.41) is 19.0. The minimum atomic E-state index is -1.40. The number of fused-ring (bicyclic) bond motifs is 1. The summed E-state index contributed by atoms with van der Waals surface area (Å²) in [7, 11) is -1.40. The summed E-state index contributed by atoms with van der Waals surface area (Å²) in [5.41, 5.74) is 0. The van der Waals surface area contributed by atoms with Gasteiger partial charge in [0.15, 0.2) is 0 Å². The molecular formula is C8H6BBrO2S2. The Morgan fingerprint density at radius 1 is 1.29 bits per heavy atom. The largest absolute Gasteiger partial charge is 0.499 e. The molecule has 0 radical (unpaired) electrons. The number of hydrogen-bond acceptors (Lipinski definition) is 4. The van der Waals surface area contributed by atoms with Crippen LogP contribution in [-0.4, -0.2) is 17.2 Å². The number of benzene rings is 1. The lowest BCUT2D eigenvalue weighted by Gasteiger charge is -1.95. The Balaban J connectivity index is 2.70. The molecule has 0 saturated heterocycles. The first-order valence-electron chi connectivity index (χ1n) is 3.86. The van der Waals surface area contributed by atoms with Gasteiger partial charge in [0, 0.05) is 24.2 Å². The van der Waals surface area contributed by atoms with E-state index in [1.807, 2.05) is 12.1 Å². The average Bonchev–Trinajstić information content (AvgIpc) is 2.47. The van der Waals surface area contributed by atoms with E-state index in [2.05, 4.69) is 28.6 Å². The first-order chi connectivity index (χ1) is 6.58. The number of rotatable bonds is 1. The van der Waals surface area contributed by atoms with Gasteiger partial charge in [-0.15, -0.1) is 24.0 Å². The zero-order valence-electron chi connectivity index (χ0n) is 6.94. The van der Waals surface area contributed by atoms with Crippen LogP contribution < -0.4 is 4.78 Å². The molecule has 0 saturated carbocycles. The van der Waals surface area contributed by atoms with Crippen LogP contribution in [0.5, 0.6) is 0 Å². The van der Waals surface area contributed by atoms with Gasteiger partial charge in [0.2, 0.25) is 0 Å². The van der Waals surface area contributed by atoms with Crippen molar-refractivity contribution in [3.8, 4) is 0 Å². The van der Waals surface area contributed by atoms with Crippen LogP contribution in [0.25, 0.3) is 10.1 Å². The average molecular weight is 289 g/mol. The molecule has 0 aliphatic heterocycles. The van der Waals surface area contributed by atoms with Crippen molar-refractivity contribution >= 4 is 61.9 Å². The van der Waals surface area contributed by atoms with Gasteiger partial charge in [-0.05, 0) is 18.2 Å². The first-order valence-corrected chi connectivity index (χ1v) is 5.91.